The molecule has 0 aliphatic rings. The Morgan fingerprint density at radius 3 is 2.61 bits per heavy atom. The van der Waals surface area contributed by atoms with Gasteiger partial charge in [-0.15, -0.1) is 0 Å². The predicted octanol–water partition coefficient (Wildman–Crippen LogP) is 3.94. The molecule has 0 saturated heterocycles. The van der Waals surface area contributed by atoms with Gasteiger partial charge in [0.05, 0.1) is 0 Å². The SMILES string of the molecule is CC(C)c1ccc(NC(=O)CCCn2cncn2)c(C(C)C)c1. The van der Waals surface area contributed by atoms with Crippen molar-refractivity contribution in [2.24, 2.45) is 0 Å². The van der Waals surface area contributed by atoms with Crippen molar-refractivity contribution in [3.05, 3.63) is 42.0 Å². The summed E-state index contributed by atoms with van der Waals surface area (Å²) in [5, 5.41) is 7.09. The van der Waals surface area contributed by atoms with E-state index in [9.17, 15) is 4.79 Å². The molecule has 0 radical (unpaired) electrons. The van der Waals surface area contributed by atoms with Crippen LogP contribution in [0.3, 0.4) is 0 Å². The van der Waals surface area contributed by atoms with Gasteiger partial charge < -0.3 is 5.32 Å². The lowest BCUT2D eigenvalue weighted by molar-refractivity contribution is -0.116. The lowest BCUT2D eigenvalue weighted by Gasteiger charge is -2.17. The van der Waals surface area contributed by atoms with Crippen LogP contribution in [0.2, 0.25) is 0 Å². The van der Waals surface area contributed by atoms with E-state index in [0.29, 0.717) is 24.8 Å². The first-order chi connectivity index (χ1) is 11.0. The molecule has 0 aliphatic heterocycles. The summed E-state index contributed by atoms with van der Waals surface area (Å²) >= 11 is 0. The fourth-order valence-electron chi connectivity index (χ4n) is 2.49. The van der Waals surface area contributed by atoms with Crippen molar-refractivity contribution in [3.8, 4) is 0 Å². The van der Waals surface area contributed by atoms with Gasteiger partial charge in [0, 0.05) is 18.7 Å². The van der Waals surface area contributed by atoms with Gasteiger partial charge in [-0.05, 0) is 35.4 Å². The van der Waals surface area contributed by atoms with Crippen molar-refractivity contribution in [2.45, 2.75) is 58.9 Å². The Labute approximate surface area is 138 Å². The molecular weight excluding hydrogens is 288 g/mol. The van der Waals surface area contributed by atoms with E-state index in [1.165, 1.54) is 17.5 Å². The smallest absolute Gasteiger partial charge is 0.224 e. The number of nitrogens with one attached hydrogen (secondary N) is 1. The summed E-state index contributed by atoms with van der Waals surface area (Å²) in [6.45, 7) is 9.38. The van der Waals surface area contributed by atoms with E-state index >= 15 is 0 Å². The third-order valence-electron chi connectivity index (χ3n) is 3.90. The lowest BCUT2D eigenvalue weighted by atomic mass is 9.94. The number of carbonyl (C=O) groups excluding carboxylic acids is 1. The van der Waals surface area contributed by atoms with E-state index in [0.717, 1.165) is 12.1 Å². The zero-order chi connectivity index (χ0) is 16.8. The van der Waals surface area contributed by atoms with Crippen molar-refractivity contribution in [1.29, 1.82) is 0 Å². The molecule has 5 heteroatoms. The first-order valence-electron chi connectivity index (χ1n) is 8.23. The van der Waals surface area contributed by atoms with Crippen molar-refractivity contribution in [2.75, 3.05) is 5.32 Å². The number of rotatable bonds is 7. The molecule has 1 aromatic heterocycles. The van der Waals surface area contributed by atoms with Gasteiger partial charge in [0.25, 0.3) is 0 Å². The second kappa shape index (κ2) is 7.90. The van der Waals surface area contributed by atoms with Gasteiger partial charge in [-0.1, -0.05) is 39.8 Å². The predicted molar refractivity (Wildman–Crippen MR) is 92.5 cm³/mol. The van der Waals surface area contributed by atoms with Crippen LogP contribution >= 0.6 is 0 Å². The minimum atomic E-state index is 0.0457. The number of nitrogens with zero attached hydrogens (tertiary/aromatic N) is 3. The Balaban J connectivity index is 1.96. The fraction of sp³-hybridized carbons (Fsp3) is 0.500. The lowest BCUT2D eigenvalue weighted by Crippen LogP contribution is -2.14. The Morgan fingerprint density at radius 2 is 2.00 bits per heavy atom. The molecular formula is C18H26N4O. The quantitative estimate of drug-likeness (QED) is 0.842. The molecule has 0 bridgehead atoms. The summed E-state index contributed by atoms with van der Waals surface area (Å²) < 4.78 is 1.74. The number of amides is 1. The van der Waals surface area contributed by atoms with E-state index in [1.807, 2.05) is 6.07 Å². The zero-order valence-electron chi connectivity index (χ0n) is 14.4. The van der Waals surface area contributed by atoms with Crippen LogP contribution in [0.15, 0.2) is 30.9 Å². The minimum absolute atomic E-state index is 0.0457. The number of aryl methyl sites for hydroxylation is 1. The average molecular weight is 314 g/mol. The average Bonchev–Trinajstić information content (AvgIpc) is 3.00. The molecule has 1 heterocycles. The summed E-state index contributed by atoms with van der Waals surface area (Å²) in [7, 11) is 0. The normalized spacial score (nSPS) is 11.2. The van der Waals surface area contributed by atoms with Gasteiger partial charge >= 0.3 is 0 Å². The summed E-state index contributed by atoms with van der Waals surface area (Å²) in [6, 6.07) is 6.34. The summed E-state index contributed by atoms with van der Waals surface area (Å²) in [5.41, 5.74) is 3.42. The Hall–Kier alpha value is -2.17. The first kappa shape index (κ1) is 17.2. The van der Waals surface area contributed by atoms with Crippen LogP contribution in [-0.2, 0) is 11.3 Å². The van der Waals surface area contributed by atoms with E-state index in [1.54, 1.807) is 11.0 Å². The maximum atomic E-state index is 12.2. The van der Waals surface area contributed by atoms with Crippen LogP contribution in [-0.4, -0.2) is 20.7 Å². The standard InChI is InChI=1S/C18H26N4O/c1-13(2)15-7-8-17(16(10-15)14(3)4)21-18(23)6-5-9-22-12-19-11-20-22/h7-8,10-14H,5-6,9H2,1-4H3,(H,21,23). The molecule has 23 heavy (non-hydrogen) atoms. The summed E-state index contributed by atoms with van der Waals surface area (Å²) in [4.78, 5) is 16.1. The molecule has 2 aromatic rings. The Morgan fingerprint density at radius 1 is 1.22 bits per heavy atom. The molecule has 0 fully saturated rings. The molecule has 1 aromatic carbocycles. The van der Waals surface area contributed by atoms with Crippen LogP contribution in [0.5, 0.6) is 0 Å². The highest BCUT2D eigenvalue weighted by molar-refractivity contribution is 5.91. The van der Waals surface area contributed by atoms with Crippen molar-refractivity contribution < 1.29 is 4.79 Å². The van der Waals surface area contributed by atoms with Gasteiger partial charge in [0.15, 0.2) is 0 Å². The molecule has 0 aliphatic carbocycles. The minimum Gasteiger partial charge on any atom is -0.326 e. The molecule has 0 saturated carbocycles. The number of hydrogen-bond acceptors (Lipinski definition) is 3. The molecule has 2 rings (SSSR count). The fourth-order valence-corrected chi connectivity index (χ4v) is 2.49. The second-order valence-corrected chi connectivity index (χ2v) is 6.47. The van der Waals surface area contributed by atoms with Crippen molar-refractivity contribution >= 4 is 11.6 Å². The van der Waals surface area contributed by atoms with E-state index < -0.39 is 0 Å². The molecule has 5 nitrogen and oxygen atoms in total. The van der Waals surface area contributed by atoms with Crippen LogP contribution in [0.1, 0.15) is 63.5 Å². The van der Waals surface area contributed by atoms with Crippen LogP contribution < -0.4 is 5.32 Å². The third-order valence-corrected chi connectivity index (χ3v) is 3.90. The zero-order valence-corrected chi connectivity index (χ0v) is 14.4. The molecule has 1 N–H and O–H groups in total. The highest BCUT2D eigenvalue weighted by atomic mass is 16.1. The topological polar surface area (TPSA) is 59.8 Å². The van der Waals surface area contributed by atoms with Gasteiger partial charge in [0.2, 0.25) is 5.91 Å². The van der Waals surface area contributed by atoms with Gasteiger partial charge in [-0.3, -0.25) is 9.48 Å². The van der Waals surface area contributed by atoms with E-state index in [4.69, 9.17) is 0 Å². The maximum absolute atomic E-state index is 12.2. The molecule has 0 atom stereocenters. The largest absolute Gasteiger partial charge is 0.326 e. The van der Waals surface area contributed by atoms with E-state index in [-0.39, 0.29) is 5.91 Å². The van der Waals surface area contributed by atoms with Crippen LogP contribution in [0.25, 0.3) is 0 Å². The molecule has 1 amide bonds. The first-order valence-corrected chi connectivity index (χ1v) is 8.23. The summed E-state index contributed by atoms with van der Waals surface area (Å²) in [5.74, 6) is 0.906. The molecule has 0 spiro atoms. The van der Waals surface area contributed by atoms with Crippen LogP contribution in [0.4, 0.5) is 5.69 Å². The number of anilines is 1. The molecule has 124 valence electrons. The summed E-state index contributed by atoms with van der Waals surface area (Å²) in [6.07, 6.45) is 4.39. The van der Waals surface area contributed by atoms with Crippen LogP contribution in [0, 0.1) is 0 Å². The number of benzene rings is 1. The maximum Gasteiger partial charge on any atom is 0.224 e. The monoisotopic (exact) mass is 314 g/mol. The highest BCUT2D eigenvalue weighted by Gasteiger charge is 2.12. The van der Waals surface area contributed by atoms with E-state index in [2.05, 4.69) is 55.2 Å². The van der Waals surface area contributed by atoms with Gasteiger partial charge in [-0.25, -0.2) is 4.98 Å². The molecule has 0 unspecified atom stereocenters. The second-order valence-electron chi connectivity index (χ2n) is 6.47. The van der Waals surface area contributed by atoms with Gasteiger partial charge in [-0.2, -0.15) is 5.10 Å². The van der Waals surface area contributed by atoms with Crippen molar-refractivity contribution in [1.82, 2.24) is 14.8 Å². The third kappa shape index (κ3) is 4.91. The van der Waals surface area contributed by atoms with Gasteiger partial charge in [0.1, 0.15) is 12.7 Å². The number of carbonyl (C=O) groups is 1. The Kier molecular flexibility index (Phi) is 5.90. The number of aromatic nitrogens is 3. The number of hydrogen-bond donors (Lipinski definition) is 1. The van der Waals surface area contributed by atoms with Crippen molar-refractivity contribution in [3.63, 3.8) is 0 Å². The highest BCUT2D eigenvalue weighted by Crippen LogP contribution is 2.28. The Bertz CT molecular complexity index is 632.